The largest absolute Gasteiger partial charge is 0.465 e. The van der Waals surface area contributed by atoms with Crippen molar-refractivity contribution in [3.63, 3.8) is 0 Å². The Balaban J connectivity index is 1.93. The van der Waals surface area contributed by atoms with Gasteiger partial charge in [-0.25, -0.2) is 4.79 Å². The number of hydrogen-bond donors (Lipinski definition) is 2. The molecule has 0 aliphatic rings. The summed E-state index contributed by atoms with van der Waals surface area (Å²) in [5, 5.41) is 5.78. The summed E-state index contributed by atoms with van der Waals surface area (Å²) < 4.78 is 4.84. The second-order valence-corrected chi connectivity index (χ2v) is 6.91. The molecule has 6 nitrogen and oxygen atoms in total. The molecule has 0 aliphatic heterocycles. The van der Waals surface area contributed by atoms with Gasteiger partial charge in [0, 0.05) is 11.3 Å². The van der Waals surface area contributed by atoms with Crippen molar-refractivity contribution in [3.05, 3.63) is 82.2 Å². The Morgan fingerprint density at radius 3 is 2.07 bits per heavy atom. The van der Waals surface area contributed by atoms with E-state index in [1.807, 2.05) is 18.2 Å². The molecule has 0 radical (unpaired) electrons. The Bertz CT molecular complexity index is 1010. The van der Waals surface area contributed by atoms with Crippen molar-refractivity contribution in [2.75, 3.05) is 17.7 Å². The van der Waals surface area contributed by atoms with Crippen LogP contribution in [0.25, 0.3) is 0 Å². The molecule has 2 aromatic carbocycles. The maximum atomic E-state index is 12.7. The van der Waals surface area contributed by atoms with E-state index < -0.39 is 5.97 Å². The van der Waals surface area contributed by atoms with Crippen molar-refractivity contribution >= 4 is 39.8 Å². The lowest BCUT2D eigenvalue weighted by atomic mass is 10.1. The van der Waals surface area contributed by atoms with Crippen LogP contribution < -0.4 is 10.6 Å². The predicted molar refractivity (Wildman–Crippen MR) is 109 cm³/mol. The number of nitrogens with one attached hydrogen (secondary N) is 2. The summed E-state index contributed by atoms with van der Waals surface area (Å²) in [6.07, 6.45) is 0. The average Bonchev–Trinajstić information content (AvgIpc) is 3.04. The number of carbonyl (C=O) groups is 3. The number of benzene rings is 2. The van der Waals surface area contributed by atoms with Crippen molar-refractivity contribution in [2.24, 2.45) is 0 Å². The highest BCUT2D eigenvalue weighted by molar-refractivity contribution is 7.19. The monoisotopic (exact) mass is 394 g/mol. The molecule has 0 saturated carbocycles. The third-order valence-electron chi connectivity index (χ3n) is 4.04. The van der Waals surface area contributed by atoms with Crippen LogP contribution in [0.4, 0.5) is 10.7 Å². The Hall–Kier alpha value is -3.45. The van der Waals surface area contributed by atoms with E-state index >= 15 is 0 Å². The lowest BCUT2D eigenvalue weighted by Gasteiger charge is -2.06. The summed E-state index contributed by atoms with van der Waals surface area (Å²) in [4.78, 5) is 37.8. The van der Waals surface area contributed by atoms with Gasteiger partial charge in [0.05, 0.1) is 17.6 Å². The minimum Gasteiger partial charge on any atom is -0.465 e. The van der Waals surface area contributed by atoms with Crippen molar-refractivity contribution in [1.82, 2.24) is 0 Å². The number of anilines is 2. The molecule has 0 bridgehead atoms. The Kier molecular flexibility index (Phi) is 5.86. The maximum absolute atomic E-state index is 12.7. The molecule has 2 N–H and O–H groups in total. The molecule has 7 heteroatoms. The zero-order chi connectivity index (χ0) is 20.1. The van der Waals surface area contributed by atoms with E-state index in [2.05, 4.69) is 10.6 Å². The zero-order valence-electron chi connectivity index (χ0n) is 15.3. The number of hydrogen-bond acceptors (Lipinski definition) is 5. The molecule has 0 spiro atoms. The van der Waals surface area contributed by atoms with E-state index in [1.54, 1.807) is 49.4 Å². The number of carbonyl (C=O) groups excluding carboxylic acids is 3. The SMILES string of the molecule is COC(=O)c1c(NC(=O)c2ccccc2)sc(C(=O)Nc2ccccc2)c1C. The molecule has 3 rings (SSSR count). The van der Waals surface area contributed by atoms with Gasteiger partial charge in [0.25, 0.3) is 11.8 Å². The lowest BCUT2D eigenvalue weighted by Crippen LogP contribution is -2.14. The van der Waals surface area contributed by atoms with E-state index in [-0.39, 0.29) is 22.4 Å². The fourth-order valence-corrected chi connectivity index (χ4v) is 3.73. The summed E-state index contributed by atoms with van der Waals surface area (Å²) >= 11 is 1.04. The third-order valence-corrected chi connectivity index (χ3v) is 5.24. The lowest BCUT2D eigenvalue weighted by molar-refractivity contribution is 0.0601. The van der Waals surface area contributed by atoms with Crippen LogP contribution in [0.15, 0.2) is 60.7 Å². The summed E-state index contributed by atoms with van der Waals surface area (Å²) in [6.45, 7) is 1.65. The molecule has 2 amide bonds. The van der Waals surface area contributed by atoms with Crippen LogP contribution >= 0.6 is 11.3 Å². The molecule has 0 fully saturated rings. The van der Waals surface area contributed by atoms with Gasteiger partial charge in [0.1, 0.15) is 5.00 Å². The zero-order valence-corrected chi connectivity index (χ0v) is 16.1. The van der Waals surface area contributed by atoms with Crippen LogP contribution in [-0.2, 0) is 4.74 Å². The fraction of sp³-hybridized carbons (Fsp3) is 0.0952. The maximum Gasteiger partial charge on any atom is 0.341 e. The van der Waals surface area contributed by atoms with Crippen molar-refractivity contribution in [3.8, 4) is 0 Å². The summed E-state index contributed by atoms with van der Waals surface area (Å²) in [6, 6.07) is 17.6. The summed E-state index contributed by atoms with van der Waals surface area (Å²) in [5.41, 5.74) is 1.71. The Labute approximate surface area is 166 Å². The van der Waals surface area contributed by atoms with Gasteiger partial charge >= 0.3 is 5.97 Å². The van der Waals surface area contributed by atoms with Gasteiger partial charge in [-0.2, -0.15) is 0 Å². The van der Waals surface area contributed by atoms with Gasteiger partial charge in [0.15, 0.2) is 0 Å². The fourth-order valence-electron chi connectivity index (χ4n) is 2.64. The van der Waals surface area contributed by atoms with Gasteiger partial charge in [-0.15, -0.1) is 11.3 Å². The van der Waals surface area contributed by atoms with E-state index in [9.17, 15) is 14.4 Å². The normalized spacial score (nSPS) is 10.2. The first-order chi connectivity index (χ1) is 13.5. The molecule has 1 aromatic heterocycles. The van der Waals surface area contributed by atoms with Gasteiger partial charge in [-0.05, 0) is 36.8 Å². The van der Waals surface area contributed by atoms with Gasteiger partial charge in [-0.1, -0.05) is 36.4 Å². The van der Waals surface area contributed by atoms with Crippen molar-refractivity contribution < 1.29 is 19.1 Å². The quantitative estimate of drug-likeness (QED) is 0.630. The van der Waals surface area contributed by atoms with Gasteiger partial charge in [-0.3, -0.25) is 9.59 Å². The minimum atomic E-state index is -0.615. The predicted octanol–water partition coefficient (Wildman–Crippen LogP) is 4.35. The van der Waals surface area contributed by atoms with E-state index in [0.29, 0.717) is 21.7 Å². The number of ether oxygens (including phenoxy) is 1. The first-order valence-electron chi connectivity index (χ1n) is 8.45. The Morgan fingerprint density at radius 2 is 1.46 bits per heavy atom. The summed E-state index contributed by atoms with van der Waals surface area (Å²) in [7, 11) is 1.26. The van der Waals surface area contributed by atoms with E-state index in [4.69, 9.17) is 4.74 Å². The molecule has 0 saturated heterocycles. The number of thiophene rings is 1. The van der Waals surface area contributed by atoms with Crippen molar-refractivity contribution in [1.29, 1.82) is 0 Å². The highest BCUT2D eigenvalue weighted by Crippen LogP contribution is 2.34. The van der Waals surface area contributed by atoms with Gasteiger partial charge < -0.3 is 15.4 Å². The number of rotatable bonds is 5. The second kappa shape index (κ2) is 8.49. The molecule has 0 aliphatic carbocycles. The molecular weight excluding hydrogens is 376 g/mol. The number of esters is 1. The Morgan fingerprint density at radius 1 is 0.857 bits per heavy atom. The van der Waals surface area contributed by atoms with E-state index in [1.165, 1.54) is 7.11 Å². The molecule has 0 unspecified atom stereocenters. The van der Waals surface area contributed by atoms with E-state index in [0.717, 1.165) is 11.3 Å². The average molecular weight is 394 g/mol. The van der Waals surface area contributed by atoms with Crippen molar-refractivity contribution in [2.45, 2.75) is 6.92 Å². The number of para-hydroxylation sites is 1. The first-order valence-corrected chi connectivity index (χ1v) is 9.27. The molecule has 142 valence electrons. The number of amides is 2. The molecule has 0 atom stereocenters. The molecular formula is C21H18N2O4S. The molecule has 28 heavy (non-hydrogen) atoms. The highest BCUT2D eigenvalue weighted by Gasteiger charge is 2.26. The first kappa shape index (κ1) is 19.3. The topological polar surface area (TPSA) is 84.5 Å². The van der Waals surface area contributed by atoms with Crippen LogP contribution in [0.1, 0.15) is 36.0 Å². The second-order valence-electron chi connectivity index (χ2n) is 5.89. The smallest absolute Gasteiger partial charge is 0.341 e. The van der Waals surface area contributed by atoms with Gasteiger partial charge in [0.2, 0.25) is 0 Å². The van der Waals surface area contributed by atoms with Crippen LogP contribution in [-0.4, -0.2) is 24.9 Å². The minimum absolute atomic E-state index is 0.176. The standard InChI is InChI=1S/C21H18N2O4S/c1-13-16(21(26)27-2)20(23-18(24)14-9-5-3-6-10-14)28-17(13)19(25)22-15-11-7-4-8-12-15/h3-12H,1-2H3,(H,22,25)(H,23,24). The highest BCUT2D eigenvalue weighted by atomic mass is 32.1. The molecule has 3 aromatic rings. The number of methoxy groups -OCH3 is 1. The van der Waals surface area contributed by atoms with Crippen LogP contribution in [0.5, 0.6) is 0 Å². The summed E-state index contributed by atoms with van der Waals surface area (Å²) in [5.74, 6) is -1.35. The van der Waals surface area contributed by atoms with Crippen LogP contribution in [0, 0.1) is 6.92 Å². The third kappa shape index (κ3) is 4.10. The van der Waals surface area contributed by atoms with Crippen LogP contribution in [0.2, 0.25) is 0 Å². The molecule has 1 heterocycles. The van der Waals surface area contributed by atoms with Crippen LogP contribution in [0.3, 0.4) is 0 Å².